The van der Waals surface area contributed by atoms with Crippen LogP contribution < -0.4 is 10.6 Å². The molecule has 7 nitrogen and oxygen atoms in total. The topological polar surface area (TPSA) is 88.9 Å². The Kier molecular flexibility index (Phi) is 7.87. The molecule has 0 saturated carbocycles. The first-order valence-electron chi connectivity index (χ1n) is 9.89. The zero-order valence-electron chi connectivity index (χ0n) is 17.8. The summed E-state index contributed by atoms with van der Waals surface area (Å²) in [5.41, 5.74) is 0.500. The van der Waals surface area contributed by atoms with Gasteiger partial charge in [0.1, 0.15) is 5.82 Å². The molecule has 3 rings (SSSR count). The maximum Gasteiger partial charge on any atom is 0.253 e. The van der Waals surface area contributed by atoms with Gasteiger partial charge in [-0.25, -0.2) is 4.39 Å². The lowest BCUT2D eigenvalue weighted by Crippen LogP contribution is -2.33. The first kappa shape index (κ1) is 23.7. The summed E-state index contributed by atoms with van der Waals surface area (Å²) in [5.74, 6) is -0.573. The van der Waals surface area contributed by atoms with Crippen LogP contribution in [0.25, 0.3) is 0 Å². The van der Waals surface area contributed by atoms with Gasteiger partial charge in [-0.3, -0.25) is 9.59 Å². The zero-order valence-corrected chi connectivity index (χ0v) is 19.4. The molecule has 10 heteroatoms. The summed E-state index contributed by atoms with van der Waals surface area (Å²) in [6.45, 7) is 3.92. The van der Waals surface area contributed by atoms with Crippen LogP contribution >= 0.6 is 23.4 Å². The minimum absolute atomic E-state index is 0.0199. The minimum atomic E-state index is -0.499. The van der Waals surface area contributed by atoms with Crippen LogP contribution in [0.2, 0.25) is 5.02 Å². The highest BCUT2D eigenvalue weighted by Gasteiger charge is 2.26. The Morgan fingerprint density at radius 2 is 1.81 bits per heavy atom. The Morgan fingerprint density at radius 1 is 1.12 bits per heavy atom. The molecule has 0 unspecified atom stereocenters. The fraction of sp³-hybridized carbons (Fsp3) is 0.273. The van der Waals surface area contributed by atoms with Crippen LogP contribution in [0.3, 0.4) is 0 Å². The molecule has 2 N–H and O–H groups in total. The maximum absolute atomic E-state index is 13.7. The molecule has 0 bridgehead atoms. The van der Waals surface area contributed by atoms with Crippen molar-refractivity contribution in [2.45, 2.75) is 25.0 Å². The summed E-state index contributed by atoms with van der Waals surface area (Å²) in [6.07, 6.45) is 0. The van der Waals surface area contributed by atoms with Gasteiger partial charge in [-0.15, -0.1) is 10.2 Å². The van der Waals surface area contributed by atoms with Gasteiger partial charge in [0.2, 0.25) is 5.91 Å². The lowest BCUT2D eigenvalue weighted by molar-refractivity contribution is -0.113. The number of benzene rings is 2. The zero-order chi connectivity index (χ0) is 23.3. The lowest BCUT2D eigenvalue weighted by Gasteiger charge is -2.22. The minimum Gasteiger partial charge on any atom is -0.342 e. The quantitative estimate of drug-likeness (QED) is 0.469. The second-order valence-corrected chi connectivity index (χ2v) is 8.74. The molecule has 2 aromatic carbocycles. The standard InChI is InChI=1S/C22H23ClFN5O2S/c1-13(2)19(26-21(31)14-8-4-5-9-15(14)23)20-27-28-22(29(20)3)32-12-18(30)25-17-11-7-6-10-16(17)24/h4-11,13,19H,12H2,1-3H3,(H,25,30)(H,26,31)/t19-/m0/s1. The molecule has 2 amide bonds. The molecule has 0 aliphatic rings. The third kappa shape index (κ3) is 5.66. The number of rotatable bonds is 8. The molecule has 1 heterocycles. The van der Waals surface area contributed by atoms with Gasteiger partial charge in [-0.05, 0) is 30.2 Å². The Labute approximate surface area is 194 Å². The third-order valence-electron chi connectivity index (χ3n) is 4.70. The molecule has 0 spiro atoms. The molecule has 0 fully saturated rings. The van der Waals surface area contributed by atoms with Crippen LogP contribution in [0.15, 0.2) is 53.7 Å². The number of amides is 2. The van der Waals surface area contributed by atoms with Gasteiger partial charge in [-0.2, -0.15) is 0 Å². The summed E-state index contributed by atoms with van der Waals surface area (Å²) < 4.78 is 15.4. The molecule has 0 radical (unpaired) electrons. The van der Waals surface area contributed by atoms with Gasteiger partial charge in [0.25, 0.3) is 5.91 Å². The van der Waals surface area contributed by atoms with Gasteiger partial charge in [0.05, 0.1) is 28.1 Å². The smallest absolute Gasteiger partial charge is 0.253 e. The molecule has 3 aromatic rings. The SMILES string of the molecule is CC(C)[C@H](NC(=O)c1ccccc1Cl)c1nnc(SCC(=O)Nc2ccccc2F)n1C. The van der Waals surface area contributed by atoms with Crippen molar-refractivity contribution in [1.82, 2.24) is 20.1 Å². The van der Waals surface area contributed by atoms with Crippen molar-refractivity contribution in [2.24, 2.45) is 13.0 Å². The van der Waals surface area contributed by atoms with Crippen molar-refractivity contribution in [3.8, 4) is 0 Å². The Morgan fingerprint density at radius 3 is 2.50 bits per heavy atom. The van der Waals surface area contributed by atoms with E-state index in [-0.39, 0.29) is 29.2 Å². The Bertz CT molecular complexity index is 1120. The molecule has 1 aromatic heterocycles. The van der Waals surface area contributed by atoms with E-state index in [2.05, 4.69) is 20.8 Å². The highest BCUT2D eigenvalue weighted by Crippen LogP contribution is 2.25. The normalized spacial score (nSPS) is 11.9. The first-order valence-corrected chi connectivity index (χ1v) is 11.3. The van der Waals surface area contributed by atoms with Crippen molar-refractivity contribution < 1.29 is 14.0 Å². The van der Waals surface area contributed by atoms with Crippen molar-refractivity contribution in [1.29, 1.82) is 0 Å². The maximum atomic E-state index is 13.7. The van der Waals surface area contributed by atoms with Crippen molar-refractivity contribution in [2.75, 3.05) is 11.1 Å². The van der Waals surface area contributed by atoms with E-state index >= 15 is 0 Å². The second-order valence-electron chi connectivity index (χ2n) is 7.39. The molecule has 168 valence electrons. The van der Waals surface area contributed by atoms with Crippen molar-refractivity contribution >= 4 is 40.9 Å². The third-order valence-corrected chi connectivity index (χ3v) is 6.05. The van der Waals surface area contributed by atoms with Crippen LogP contribution in [0, 0.1) is 11.7 Å². The molecule has 0 saturated heterocycles. The molecule has 1 atom stereocenters. The van der Waals surface area contributed by atoms with Gasteiger partial charge in [-0.1, -0.05) is 61.5 Å². The number of thioether (sulfide) groups is 1. The number of nitrogens with one attached hydrogen (secondary N) is 2. The molecule has 0 aliphatic heterocycles. The largest absolute Gasteiger partial charge is 0.342 e. The lowest BCUT2D eigenvalue weighted by atomic mass is 10.0. The summed E-state index contributed by atoms with van der Waals surface area (Å²) in [5, 5.41) is 14.8. The predicted molar refractivity (Wildman–Crippen MR) is 123 cm³/mol. The summed E-state index contributed by atoms with van der Waals surface area (Å²) in [6, 6.07) is 12.4. The molecular weight excluding hydrogens is 453 g/mol. The first-order chi connectivity index (χ1) is 15.3. The van der Waals surface area contributed by atoms with E-state index in [0.29, 0.717) is 21.6 Å². The number of halogens is 2. The van der Waals surface area contributed by atoms with Crippen LogP contribution in [0.1, 0.15) is 36.1 Å². The number of carbonyl (C=O) groups is 2. The van der Waals surface area contributed by atoms with Crippen LogP contribution in [-0.2, 0) is 11.8 Å². The number of aromatic nitrogens is 3. The van der Waals surface area contributed by atoms with Crippen LogP contribution in [0.5, 0.6) is 0 Å². The van der Waals surface area contributed by atoms with E-state index in [4.69, 9.17) is 11.6 Å². The van der Waals surface area contributed by atoms with E-state index in [1.165, 1.54) is 23.9 Å². The fourth-order valence-electron chi connectivity index (χ4n) is 3.00. The van der Waals surface area contributed by atoms with Crippen LogP contribution in [0.4, 0.5) is 10.1 Å². The van der Waals surface area contributed by atoms with E-state index < -0.39 is 11.9 Å². The number of anilines is 1. The number of hydrogen-bond acceptors (Lipinski definition) is 5. The van der Waals surface area contributed by atoms with Gasteiger partial charge >= 0.3 is 0 Å². The summed E-state index contributed by atoms with van der Waals surface area (Å²) >= 11 is 7.31. The van der Waals surface area contributed by atoms with E-state index in [9.17, 15) is 14.0 Å². The molecular formula is C22H23ClFN5O2S. The van der Waals surface area contributed by atoms with Gasteiger partial charge in [0.15, 0.2) is 11.0 Å². The second kappa shape index (κ2) is 10.6. The average molecular weight is 476 g/mol. The number of carbonyl (C=O) groups excluding carboxylic acids is 2. The van der Waals surface area contributed by atoms with Crippen molar-refractivity contribution in [3.63, 3.8) is 0 Å². The van der Waals surface area contributed by atoms with Gasteiger partial charge < -0.3 is 15.2 Å². The summed E-state index contributed by atoms with van der Waals surface area (Å²) in [4.78, 5) is 25.0. The molecule has 32 heavy (non-hydrogen) atoms. The van der Waals surface area contributed by atoms with E-state index in [1.807, 2.05) is 13.8 Å². The highest BCUT2D eigenvalue weighted by molar-refractivity contribution is 7.99. The van der Waals surface area contributed by atoms with Crippen LogP contribution in [-0.4, -0.2) is 32.3 Å². The fourth-order valence-corrected chi connectivity index (χ4v) is 3.93. The Balaban J connectivity index is 1.68. The Hall–Kier alpha value is -2.91. The monoisotopic (exact) mass is 475 g/mol. The molecule has 0 aliphatic carbocycles. The average Bonchev–Trinajstić information content (AvgIpc) is 3.12. The number of nitrogens with zero attached hydrogens (tertiary/aromatic N) is 3. The number of para-hydroxylation sites is 1. The van der Waals surface area contributed by atoms with E-state index in [1.54, 1.807) is 48.0 Å². The predicted octanol–water partition coefficient (Wildman–Crippen LogP) is 4.47. The highest BCUT2D eigenvalue weighted by atomic mass is 35.5. The van der Waals surface area contributed by atoms with Gasteiger partial charge in [0, 0.05) is 7.05 Å². The number of hydrogen-bond donors (Lipinski definition) is 2. The van der Waals surface area contributed by atoms with Crippen molar-refractivity contribution in [3.05, 3.63) is 70.8 Å². The van der Waals surface area contributed by atoms with E-state index in [0.717, 1.165) is 0 Å². The summed E-state index contributed by atoms with van der Waals surface area (Å²) in [7, 11) is 1.77.